The lowest BCUT2D eigenvalue weighted by Crippen LogP contribution is -2.04. The summed E-state index contributed by atoms with van der Waals surface area (Å²) in [5.74, 6) is 0.953. The summed E-state index contributed by atoms with van der Waals surface area (Å²) >= 11 is 0. The molecule has 140 valence electrons. The lowest BCUT2D eigenvalue weighted by atomic mass is 10.1. The summed E-state index contributed by atoms with van der Waals surface area (Å²) in [5.41, 5.74) is 8.98. The summed E-state index contributed by atoms with van der Waals surface area (Å²) in [4.78, 5) is 22.3. The zero-order chi connectivity index (χ0) is 19.3. The number of nitrogens with two attached hydrogens (primary N) is 1. The minimum atomic E-state index is -0.348. The van der Waals surface area contributed by atoms with E-state index in [1.54, 1.807) is 31.4 Å². The Labute approximate surface area is 159 Å². The molecule has 4 aromatic rings. The molecule has 0 saturated heterocycles. The number of hydrogen-bond acceptors (Lipinski definition) is 7. The number of imidazole rings is 1. The molecule has 1 saturated carbocycles. The van der Waals surface area contributed by atoms with Gasteiger partial charge in [0.1, 0.15) is 22.7 Å². The summed E-state index contributed by atoms with van der Waals surface area (Å²) in [6.45, 7) is 0. The summed E-state index contributed by atoms with van der Waals surface area (Å²) in [7, 11) is 1.76. The minimum Gasteiger partial charge on any atom is -0.368 e. The number of rotatable bonds is 4. The van der Waals surface area contributed by atoms with Gasteiger partial charge in [-0.2, -0.15) is 4.98 Å². The van der Waals surface area contributed by atoms with Gasteiger partial charge in [0.25, 0.3) is 0 Å². The standard InChI is InChI=1S/C19H17FN8/c1-22-19-23-8-7-13(24-19)16-25-15-14(10-3-2-4-11(20)9-10)26-18(21)27-17(15)28(16)12-5-6-12/h2-4,7-9,12H,5-6H2,1H3,(H2,21,26,27)(H,22,23,24). The summed E-state index contributed by atoms with van der Waals surface area (Å²) in [5, 5.41) is 2.94. The number of nitrogen functional groups attached to an aromatic ring is 1. The van der Waals surface area contributed by atoms with E-state index in [-0.39, 0.29) is 17.8 Å². The predicted molar refractivity (Wildman–Crippen MR) is 104 cm³/mol. The largest absolute Gasteiger partial charge is 0.368 e. The summed E-state index contributed by atoms with van der Waals surface area (Å²) < 4.78 is 15.9. The highest BCUT2D eigenvalue weighted by Crippen LogP contribution is 2.42. The van der Waals surface area contributed by atoms with Crippen LogP contribution in [0.5, 0.6) is 0 Å². The van der Waals surface area contributed by atoms with E-state index in [0.717, 1.165) is 12.8 Å². The second-order valence-corrected chi connectivity index (χ2v) is 6.67. The van der Waals surface area contributed by atoms with Crippen LogP contribution in [0.1, 0.15) is 18.9 Å². The van der Waals surface area contributed by atoms with E-state index in [9.17, 15) is 4.39 Å². The molecular weight excluding hydrogens is 359 g/mol. The zero-order valence-corrected chi connectivity index (χ0v) is 15.1. The van der Waals surface area contributed by atoms with Crippen LogP contribution in [0.4, 0.5) is 16.3 Å². The molecule has 1 aliphatic rings. The van der Waals surface area contributed by atoms with Crippen LogP contribution in [-0.4, -0.2) is 36.5 Å². The lowest BCUT2D eigenvalue weighted by molar-refractivity contribution is 0.628. The average Bonchev–Trinajstić information content (AvgIpc) is 3.47. The van der Waals surface area contributed by atoms with E-state index in [1.165, 1.54) is 12.1 Å². The van der Waals surface area contributed by atoms with E-state index in [0.29, 0.717) is 39.9 Å². The Morgan fingerprint density at radius 3 is 2.75 bits per heavy atom. The van der Waals surface area contributed by atoms with Gasteiger partial charge in [-0.3, -0.25) is 0 Å². The third kappa shape index (κ3) is 2.72. The van der Waals surface area contributed by atoms with Gasteiger partial charge in [-0.25, -0.2) is 24.3 Å². The zero-order valence-electron chi connectivity index (χ0n) is 15.1. The van der Waals surface area contributed by atoms with Gasteiger partial charge in [-0.15, -0.1) is 0 Å². The number of benzene rings is 1. The van der Waals surface area contributed by atoms with Crippen molar-refractivity contribution in [3.8, 4) is 22.8 Å². The highest BCUT2D eigenvalue weighted by molar-refractivity contribution is 5.90. The van der Waals surface area contributed by atoms with E-state index >= 15 is 0 Å². The Kier molecular flexibility index (Phi) is 3.68. The first-order chi connectivity index (χ1) is 13.6. The first-order valence-electron chi connectivity index (χ1n) is 8.96. The smallest absolute Gasteiger partial charge is 0.223 e. The fourth-order valence-electron chi connectivity index (χ4n) is 3.29. The monoisotopic (exact) mass is 376 g/mol. The number of nitrogens with zero attached hydrogens (tertiary/aromatic N) is 6. The van der Waals surface area contributed by atoms with Gasteiger partial charge in [0, 0.05) is 24.8 Å². The molecule has 1 fully saturated rings. The van der Waals surface area contributed by atoms with Gasteiger partial charge in [-0.1, -0.05) is 12.1 Å². The molecule has 1 aliphatic carbocycles. The van der Waals surface area contributed by atoms with Crippen LogP contribution in [0.3, 0.4) is 0 Å². The minimum absolute atomic E-state index is 0.124. The van der Waals surface area contributed by atoms with Crippen molar-refractivity contribution in [1.29, 1.82) is 0 Å². The second kappa shape index (κ2) is 6.22. The first-order valence-corrected chi connectivity index (χ1v) is 8.96. The van der Waals surface area contributed by atoms with Crippen molar-refractivity contribution in [2.75, 3.05) is 18.1 Å². The van der Waals surface area contributed by atoms with Gasteiger partial charge in [0.15, 0.2) is 11.5 Å². The lowest BCUT2D eigenvalue weighted by Gasteiger charge is -2.08. The van der Waals surface area contributed by atoms with Gasteiger partial charge in [0.2, 0.25) is 11.9 Å². The third-order valence-electron chi connectivity index (χ3n) is 4.68. The van der Waals surface area contributed by atoms with E-state index in [4.69, 9.17) is 10.7 Å². The average molecular weight is 376 g/mol. The van der Waals surface area contributed by atoms with Crippen LogP contribution in [0, 0.1) is 5.82 Å². The quantitative estimate of drug-likeness (QED) is 0.563. The highest BCUT2D eigenvalue weighted by atomic mass is 19.1. The molecule has 0 radical (unpaired) electrons. The van der Waals surface area contributed by atoms with Crippen molar-refractivity contribution in [3.63, 3.8) is 0 Å². The Morgan fingerprint density at radius 2 is 2.00 bits per heavy atom. The van der Waals surface area contributed by atoms with Gasteiger partial charge in [-0.05, 0) is 31.0 Å². The van der Waals surface area contributed by atoms with Gasteiger partial charge in [0.05, 0.1) is 0 Å². The molecule has 28 heavy (non-hydrogen) atoms. The van der Waals surface area contributed by atoms with Crippen LogP contribution in [-0.2, 0) is 0 Å². The molecule has 3 N–H and O–H groups in total. The summed E-state index contributed by atoms with van der Waals surface area (Å²) in [6, 6.07) is 8.31. The van der Waals surface area contributed by atoms with Crippen molar-refractivity contribution < 1.29 is 4.39 Å². The number of fused-ring (bicyclic) bond motifs is 1. The number of hydrogen-bond donors (Lipinski definition) is 2. The Hall–Kier alpha value is -3.62. The molecule has 9 heteroatoms. The molecule has 3 aromatic heterocycles. The normalized spacial score (nSPS) is 13.8. The Balaban J connectivity index is 1.80. The molecule has 1 aromatic carbocycles. The highest BCUT2D eigenvalue weighted by Gasteiger charge is 2.31. The topological polar surface area (TPSA) is 107 Å². The number of anilines is 2. The van der Waals surface area contributed by atoms with Crippen molar-refractivity contribution in [2.45, 2.75) is 18.9 Å². The fraction of sp³-hybridized carbons (Fsp3) is 0.211. The molecule has 8 nitrogen and oxygen atoms in total. The molecule has 3 heterocycles. The molecule has 0 amide bonds. The molecule has 0 atom stereocenters. The van der Waals surface area contributed by atoms with Crippen LogP contribution in [0.15, 0.2) is 36.5 Å². The van der Waals surface area contributed by atoms with Crippen LogP contribution in [0.25, 0.3) is 33.9 Å². The molecule has 0 aliphatic heterocycles. The molecule has 0 spiro atoms. The maximum atomic E-state index is 13.8. The van der Waals surface area contributed by atoms with Crippen LogP contribution >= 0.6 is 0 Å². The van der Waals surface area contributed by atoms with Gasteiger partial charge >= 0.3 is 0 Å². The number of nitrogens with one attached hydrogen (secondary N) is 1. The Morgan fingerprint density at radius 1 is 1.14 bits per heavy atom. The third-order valence-corrected chi connectivity index (χ3v) is 4.68. The second-order valence-electron chi connectivity index (χ2n) is 6.67. The van der Waals surface area contributed by atoms with Crippen molar-refractivity contribution in [2.24, 2.45) is 0 Å². The predicted octanol–water partition coefficient (Wildman–Crippen LogP) is 3.05. The van der Waals surface area contributed by atoms with Crippen LogP contribution < -0.4 is 11.1 Å². The summed E-state index contributed by atoms with van der Waals surface area (Å²) in [6.07, 6.45) is 3.74. The van der Waals surface area contributed by atoms with Crippen molar-refractivity contribution in [1.82, 2.24) is 29.5 Å². The maximum Gasteiger partial charge on any atom is 0.223 e. The molecule has 0 bridgehead atoms. The Bertz CT molecular complexity index is 1200. The number of halogens is 1. The van der Waals surface area contributed by atoms with E-state index in [2.05, 4.69) is 29.8 Å². The van der Waals surface area contributed by atoms with E-state index in [1.807, 2.05) is 0 Å². The molecular formula is C19H17FN8. The van der Waals surface area contributed by atoms with E-state index < -0.39 is 0 Å². The SMILES string of the molecule is CNc1nccc(-c2nc3c(-c4cccc(F)c4)nc(N)nc3n2C2CC2)n1. The van der Waals surface area contributed by atoms with Crippen molar-refractivity contribution >= 4 is 23.1 Å². The molecule has 5 rings (SSSR count). The van der Waals surface area contributed by atoms with Crippen molar-refractivity contribution in [3.05, 3.63) is 42.3 Å². The van der Waals surface area contributed by atoms with Gasteiger partial charge < -0.3 is 15.6 Å². The van der Waals surface area contributed by atoms with Crippen LogP contribution in [0.2, 0.25) is 0 Å². The first kappa shape index (κ1) is 16.5. The number of aromatic nitrogens is 6. The fourth-order valence-corrected chi connectivity index (χ4v) is 3.29. The molecule has 0 unspecified atom stereocenters. The maximum absolute atomic E-state index is 13.8.